The third-order valence-electron chi connectivity index (χ3n) is 2.93. The van der Waals surface area contributed by atoms with Gasteiger partial charge in [0, 0.05) is 18.8 Å². The number of hydrogen-bond donors (Lipinski definition) is 1. The molecule has 0 spiro atoms. The van der Waals surface area contributed by atoms with Gasteiger partial charge < -0.3 is 14.8 Å². The van der Waals surface area contributed by atoms with Crippen LogP contribution >= 0.6 is 11.6 Å². The Morgan fingerprint density at radius 2 is 1.90 bits per heavy atom. The number of rotatable bonds is 7. The molecule has 5 heteroatoms. The van der Waals surface area contributed by atoms with Crippen LogP contribution in [0.1, 0.15) is 18.9 Å². The molecule has 4 nitrogen and oxygen atoms in total. The minimum Gasteiger partial charge on any atom is -0.497 e. The third-order valence-corrected chi connectivity index (χ3v) is 3.27. The Balaban J connectivity index is 2.06. The third kappa shape index (κ3) is 4.62. The standard InChI is InChI=1S/C16H19ClN2O2/c1-3-8-18-10-12-9-16(19-11-15(12)17)21-14-6-4-13(20-2)5-7-14/h4-7,9,11,18H,3,8,10H2,1-2H3. The normalized spacial score (nSPS) is 10.4. The van der Waals surface area contributed by atoms with E-state index in [-0.39, 0.29) is 0 Å². The maximum atomic E-state index is 6.14. The number of benzene rings is 1. The van der Waals surface area contributed by atoms with E-state index in [4.69, 9.17) is 21.1 Å². The molecule has 2 rings (SSSR count). The predicted molar refractivity (Wildman–Crippen MR) is 84.3 cm³/mol. The maximum Gasteiger partial charge on any atom is 0.219 e. The number of pyridine rings is 1. The maximum absolute atomic E-state index is 6.14. The largest absolute Gasteiger partial charge is 0.497 e. The van der Waals surface area contributed by atoms with E-state index < -0.39 is 0 Å². The summed E-state index contributed by atoms with van der Waals surface area (Å²) in [5.74, 6) is 2.02. The zero-order valence-electron chi connectivity index (χ0n) is 12.2. The lowest BCUT2D eigenvalue weighted by molar-refractivity contribution is 0.412. The van der Waals surface area contributed by atoms with Crippen molar-refractivity contribution in [3.05, 3.63) is 47.1 Å². The molecule has 1 aromatic heterocycles. The summed E-state index contributed by atoms with van der Waals surface area (Å²) in [6, 6.07) is 9.22. The molecular formula is C16H19ClN2O2. The topological polar surface area (TPSA) is 43.4 Å². The van der Waals surface area contributed by atoms with Gasteiger partial charge in [-0.3, -0.25) is 0 Å². The Labute approximate surface area is 130 Å². The van der Waals surface area contributed by atoms with Crippen LogP contribution in [0.25, 0.3) is 0 Å². The molecule has 1 aromatic carbocycles. The van der Waals surface area contributed by atoms with Crippen LogP contribution < -0.4 is 14.8 Å². The molecule has 0 aliphatic rings. The molecule has 0 bridgehead atoms. The molecule has 0 amide bonds. The highest BCUT2D eigenvalue weighted by Gasteiger charge is 2.05. The Bertz CT molecular complexity index is 573. The van der Waals surface area contributed by atoms with Gasteiger partial charge in [0.1, 0.15) is 11.5 Å². The van der Waals surface area contributed by atoms with Crippen molar-refractivity contribution in [1.29, 1.82) is 0 Å². The number of aromatic nitrogens is 1. The van der Waals surface area contributed by atoms with Crippen LogP contribution in [0.2, 0.25) is 5.02 Å². The smallest absolute Gasteiger partial charge is 0.219 e. The molecule has 2 aromatic rings. The fourth-order valence-electron chi connectivity index (χ4n) is 1.81. The Morgan fingerprint density at radius 1 is 1.19 bits per heavy atom. The van der Waals surface area contributed by atoms with Crippen molar-refractivity contribution < 1.29 is 9.47 Å². The summed E-state index contributed by atoms with van der Waals surface area (Å²) in [6.07, 6.45) is 2.70. The van der Waals surface area contributed by atoms with Crippen LogP contribution in [0.15, 0.2) is 36.5 Å². The molecule has 0 aliphatic heterocycles. The highest BCUT2D eigenvalue weighted by Crippen LogP contribution is 2.25. The van der Waals surface area contributed by atoms with Crippen molar-refractivity contribution in [3.63, 3.8) is 0 Å². The van der Waals surface area contributed by atoms with Crippen molar-refractivity contribution in [1.82, 2.24) is 10.3 Å². The molecule has 0 radical (unpaired) electrons. The second-order valence-corrected chi connectivity index (χ2v) is 4.98. The first-order valence-corrected chi connectivity index (χ1v) is 7.27. The molecule has 1 heterocycles. The summed E-state index contributed by atoms with van der Waals surface area (Å²) in [6.45, 7) is 3.78. The monoisotopic (exact) mass is 306 g/mol. The molecule has 0 aliphatic carbocycles. The number of halogens is 1. The second kappa shape index (κ2) is 7.86. The summed E-state index contributed by atoms with van der Waals surface area (Å²) in [4.78, 5) is 4.19. The Hall–Kier alpha value is -1.78. The summed E-state index contributed by atoms with van der Waals surface area (Å²) in [7, 11) is 1.63. The minimum absolute atomic E-state index is 0.526. The fraction of sp³-hybridized carbons (Fsp3) is 0.312. The Morgan fingerprint density at radius 3 is 2.57 bits per heavy atom. The summed E-state index contributed by atoms with van der Waals surface area (Å²) < 4.78 is 10.8. The zero-order valence-corrected chi connectivity index (χ0v) is 13.0. The summed E-state index contributed by atoms with van der Waals surface area (Å²) in [5.41, 5.74) is 0.976. The van der Waals surface area contributed by atoms with E-state index in [1.165, 1.54) is 0 Å². The second-order valence-electron chi connectivity index (χ2n) is 4.57. The van der Waals surface area contributed by atoms with Gasteiger partial charge in [-0.1, -0.05) is 18.5 Å². The molecule has 21 heavy (non-hydrogen) atoms. The molecule has 1 N–H and O–H groups in total. The first kappa shape index (κ1) is 15.6. The molecule has 0 saturated carbocycles. The van der Waals surface area contributed by atoms with E-state index in [1.54, 1.807) is 13.3 Å². The molecule has 0 unspecified atom stereocenters. The van der Waals surface area contributed by atoms with E-state index in [0.29, 0.717) is 23.2 Å². The lowest BCUT2D eigenvalue weighted by Crippen LogP contribution is -2.14. The summed E-state index contributed by atoms with van der Waals surface area (Å²) >= 11 is 6.14. The number of ether oxygens (including phenoxy) is 2. The lowest BCUT2D eigenvalue weighted by Gasteiger charge is -2.09. The van der Waals surface area contributed by atoms with Crippen molar-refractivity contribution in [3.8, 4) is 17.4 Å². The quantitative estimate of drug-likeness (QED) is 0.784. The summed E-state index contributed by atoms with van der Waals surface area (Å²) in [5, 5.41) is 3.95. The van der Waals surface area contributed by atoms with Gasteiger partial charge in [0.2, 0.25) is 5.88 Å². The van der Waals surface area contributed by atoms with Gasteiger partial charge in [0.05, 0.1) is 12.1 Å². The van der Waals surface area contributed by atoms with Gasteiger partial charge in [-0.25, -0.2) is 4.98 Å². The van der Waals surface area contributed by atoms with Crippen LogP contribution in [-0.4, -0.2) is 18.6 Å². The first-order valence-electron chi connectivity index (χ1n) is 6.90. The molecule has 112 valence electrons. The first-order chi connectivity index (χ1) is 10.2. The fourth-order valence-corrected chi connectivity index (χ4v) is 1.98. The van der Waals surface area contributed by atoms with Crippen molar-refractivity contribution in [2.24, 2.45) is 0 Å². The molecule has 0 saturated heterocycles. The van der Waals surface area contributed by atoms with Crippen LogP contribution in [-0.2, 0) is 6.54 Å². The van der Waals surface area contributed by atoms with E-state index in [1.807, 2.05) is 30.3 Å². The van der Waals surface area contributed by atoms with Crippen molar-refractivity contribution in [2.75, 3.05) is 13.7 Å². The lowest BCUT2D eigenvalue weighted by atomic mass is 10.2. The van der Waals surface area contributed by atoms with Gasteiger partial charge in [0.25, 0.3) is 0 Å². The van der Waals surface area contributed by atoms with Crippen LogP contribution in [0.3, 0.4) is 0 Å². The van der Waals surface area contributed by atoms with E-state index in [2.05, 4.69) is 17.2 Å². The minimum atomic E-state index is 0.526. The SMILES string of the molecule is CCCNCc1cc(Oc2ccc(OC)cc2)ncc1Cl. The number of nitrogens with zero attached hydrogens (tertiary/aromatic N) is 1. The zero-order chi connectivity index (χ0) is 15.1. The van der Waals surface area contributed by atoms with E-state index in [0.717, 1.165) is 24.3 Å². The van der Waals surface area contributed by atoms with Gasteiger partial charge in [-0.15, -0.1) is 0 Å². The van der Waals surface area contributed by atoms with Gasteiger partial charge in [-0.05, 0) is 42.8 Å². The number of hydrogen-bond acceptors (Lipinski definition) is 4. The average molecular weight is 307 g/mol. The highest BCUT2D eigenvalue weighted by molar-refractivity contribution is 6.31. The van der Waals surface area contributed by atoms with E-state index in [9.17, 15) is 0 Å². The van der Waals surface area contributed by atoms with Gasteiger partial charge in [-0.2, -0.15) is 0 Å². The average Bonchev–Trinajstić information content (AvgIpc) is 2.51. The Kier molecular flexibility index (Phi) is 5.84. The van der Waals surface area contributed by atoms with Crippen LogP contribution in [0.4, 0.5) is 0 Å². The van der Waals surface area contributed by atoms with E-state index >= 15 is 0 Å². The highest BCUT2D eigenvalue weighted by atomic mass is 35.5. The molecule has 0 fully saturated rings. The van der Waals surface area contributed by atoms with Crippen molar-refractivity contribution >= 4 is 11.6 Å². The van der Waals surface area contributed by atoms with Gasteiger partial charge >= 0.3 is 0 Å². The molecular weight excluding hydrogens is 288 g/mol. The predicted octanol–water partition coefficient (Wildman–Crippen LogP) is 4.04. The van der Waals surface area contributed by atoms with Crippen molar-refractivity contribution in [2.45, 2.75) is 19.9 Å². The molecule has 0 atom stereocenters. The van der Waals surface area contributed by atoms with Gasteiger partial charge in [0.15, 0.2) is 0 Å². The van der Waals surface area contributed by atoms with Crippen LogP contribution in [0.5, 0.6) is 17.4 Å². The number of nitrogens with one attached hydrogen (secondary N) is 1. The van der Waals surface area contributed by atoms with Crippen LogP contribution in [0, 0.1) is 0 Å². The number of methoxy groups -OCH3 is 1.